The average Bonchev–Trinajstić information content (AvgIpc) is 2.51. The predicted octanol–water partition coefficient (Wildman–Crippen LogP) is 4.17. The van der Waals surface area contributed by atoms with Crippen molar-refractivity contribution in [3.63, 3.8) is 0 Å². The van der Waals surface area contributed by atoms with Crippen LogP contribution in [0.4, 0.5) is 0 Å². The van der Waals surface area contributed by atoms with Crippen LogP contribution in [-0.2, 0) is 0 Å². The van der Waals surface area contributed by atoms with E-state index in [2.05, 4.69) is 4.98 Å². The molecule has 0 amide bonds. The number of rotatable bonds is 2. The molecule has 2 aromatic carbocycles. The van der Waals surface area contributed by atoms with Gasteiger partial charge < -0.3 is 9.72 Å². The molecule has 0 aliphatic rings. The normalized spacial score (nSPS) is 10.8. The number of halogens is 1. The van der Waals surface area contributed by atoms with Crippen molar-refractivity contribution in [2.45, 2.75) is 6.92 Å². The number of pyridine rings is 1. The first-order valence-corrected chi connectivity index (χ1v) is 6.95. The zero-order chi connectivity index (χ0) is 15.0. The van der Waals surface area contributed by atoms with E-state index in [0.717, 1.165) is 11.3 Å². The first kappa shape index (κ1) is 13.7. The van der Waals surface area contributed by atoms with E-state index in [0.29, 0.717) is 27.2 Å². The molecule has 4 heteroatoms. The summed E-state index contributed by atoms with van der Waals surface area (Å²) in [5.41, 5.74) is 2.93. The van der Waals surface area contributed by atoms with Crippen molar-refractivity contribution >= 4 is 22.5 Å². The lowest BCUT2D eigenvalue weighted by Crippen LogP contribution is -2.10. The van der Waals surface area contributed by atoms with Crippen LogP contribution in [-0.4, -0.2) is 12.1 Å². The highest BCUT2D eigenvalue weighted by Crippen LogP contribution is 2.31. The second-order valence-electron chi connectivity index (χ2n) is 4.82. The molecule has 0 aliphatic carbocycles. The number of ether oxygens (including phenoxy) is 1. The van der Waals surface area contributed by atoms with Crippen molar-refractivity contribution in [3.8, 4) is 17.0 Å². The van der Waals surface area contributed by atoms with Gasteiger partial charge in [0.25, 0.3) is 0 Å². The minimum absolute atomic E-state index is 0.0773. The maximum Gasteiger partial charge on any atom is 0.194 e. The van der Waals surface area contributed by atoms with Crippen LogP contribution < -0.4 is 10.2 Å². The SMILES string of the molecule is COc1ccc(Cl)c2c(=O)c(C)c(-c3ccccc3)[nH]c12. The molecule has 3 aromatic rings. The summed E-state index contributed by atoms with van der Waals surface area (Å²) in [6.07, 6.45) is 0. The maximum absolute atomic E-state index is 12.7. The van der Waals surface area contributed by atoms with Gasteiger partial charge in [0.15, 0.2) is 5.43 Å². The highest BCUT2D eigenvalue weighted by Gasteiger charge is 2.15. The number of methoxy groups -OCH3 is 1. The standard InChI is InChI=1S/C17H14ClNO2/c1-10-15(11-6-4-3-5-7-11)19-16-13(21-2)9-8-12(18)14(16)17(10)20/h3-9H,1-2H3,(H,19,20). The van der Waals surface area contributed by atoms with Crippen LogP contribution in [0.25, 0.3) is 22.2 Å². The van der Waals surface area contributed by atoms with Crippen LogP contribution >= 0.6 is 11.6 Å². The molecule has 0 saturated carbocycles. The Bertz CT molecular complexity index is 869. The van der Waals surface area contributed by atoms with Crippen molar-refractivity contribution < 1.29 is 4.74 Å². The fraction of sp³-hybridized carbons (Fsp3) is 0.118. The number of H-pyrrole nitrogens is 1. The van der Waals surface area contributed by atoms with Gasteiger partial charge in [0.05, 0.1) is 28.7 Å². The summed E-state index contributed by atoms with van der Waals surface area (Å²) in [5.74, 6) is 0.601. The van der Waals surface area contributed by atoms with Gasteiger partial charge in [-0.3, -0.25) is 4.79 Å². The fourth-order valence-electron chi connectivity index (χ4n) is 2.49. The van der Waals surface area contributed by atoms with Gasteiger partial charge in [-0.2, -0.15) is 0 Å². The molecule has 0 unspecified atom stereocenters. The first-order chi connectivity index (χ1) is 10.1. The van der Waals surface area contributed by atoms with Gasteiger partial charge in [-0.1, -0.05) is 41.9 Å². The summed E-state index contributed by atoms with van der Waals surface area (Å²) in [7, 11) is 1.57. The molecule has 0 saturated heterocycles. The monoisotopic (exact) mass is 299 g/mol. The summed E-state index contributed by atoms with van der Waals surface area (Å²) < 4.78 is 5.34. The van der Waals surface area contributed by atoms with Crippen LogP contribution in [0.5, 0.6) is 5.75 Å². The van der Waals surface area contributed by atoms with Crippen LogP contribution in [0.3, 0.4) is 0 Å². The molecule has 21 heavy (non-hydrogen) atoms. The smallest absolute Gasteiger partial charge is 0.194 e. The summed E-state index contributed by atoms with van der Waals surface area (Å²) >= 11 is 6.19. The lowest BCUT2D eigenvalue weighted by Gasteiger charge is -2.12. The Hall–Kier alpha value is -2.26. The predicted molar refractivity (Wildman–Crippen MR) is 86.3 cm³/mol. The van der Waals surface area contributed by atoms with E-state index in [-0.39, 0.29) is 5.43 Å². The van der Waals surface area contributed by atoms with Crippen molar-refractivity contribution in [2.24, 2.45) is 0 Å². The van der Waals surface area contributed by atoms with Crippen molar-refractivity contribution in [1.29, 1.82) is 0 Å². The number of benzene rings is 2. The molecular formula is C17H14ClNO2. The average molecular weight is 300 g/mol. The minimum Gasteiger partial charge on any atom is -0.495 e. The number of aromatic amines is 1. The Morgan fingerprint density at radius 2 is 1.81 bits per heavy atom. The molecule has 1 heterocycles. The second kappa shape index (κ2) is 5.26. The Kier molecular flexibility index (Phi) is 3.43. The van der Waals surface area contributed by atoms with E-state index in [1.165, 1.54) is 0 Å². The largest absolute Gasteiger partial charge is 0.495 e. The molecule has 0 aliphatic heterocycles. The number of hydrogen-bond donors (Lipinski definition) is 1. The number of fused-ring (bicyclic) bond motifs is 1. The molecule has 3 nitrogen and oxygen atoms in total. The molecule has 0 fully saturated rings. The molecule has 0 bridgehead atoms. The zero-order valence-corrected chi connectivity index (χ0v) is 12.5. The highest BCUT2D eigenvalue weighted by atomic mass is 35.5. The number of nitrogens with one attached hydrogen (secondary N) is 1. The molecule has 0 atom stereocenters. The third kappa shape index (κ3) is 2.20. The van der Waals surface area contributed by atoms with Crippen LogP contribution in [0.1, 0.15) is 5.56 Å². The lowest BCUT2D eigenvalue weighted by atomic mass is 10.0. The summed E-state index contributed by atoms with van der Waals surface area (Å²) in [4.78, 5) is 16.0. The van der Waals surface area contributed by atoms with Crippen LogP contribution in [0.2, 0.25) is 5.02 Å². The van der Waals surface area contributed by atoms with E-state index in [4.69, 9.17) is 16.3 Å². The van der Waals surface area contributed by atoms with E-state index in [9.17, 15) is 4.79 Å². The first-order valence-electron chi connectivity index (χ1n) is 6.58. The van der Waals surface area contributed by atoms with Gasteiger partial charge in [-0.05, 0) is 24.6 Å². The van der Waals surface area contributed by atoms with E-state index in [1.54, 1.807) is 26.2 Å². The quantitative estimate of drug-likeness (QED) is 0.772. The van der Waals surface area contributed by atoms with Gasteiger partial charge >= 0.3 is 0 Å². The van der Waals surface area contributed by atoms with Gasteiger partial charge in [0, 0.05) is 5.56 Å². The molecule has 1 N–H and O–H groups in total. The zero-order valence-electron chi connectivity index (χ0n) is 11.7. The summed E-state index contributed by atoms with van der Waals surface area (Å²) in [6, 6.07) is 13.2. The highest BCUT2D eigenvalue weighted by molar-refractivity contribution is 6.35. The Morgan fingerprint density at radius 3 is 2.48 bits per heavy atom. The lowest BCUT2D eigenvalue weighted by molar-refractivity contribution is 0.419. The van der Waals surface area contributed by atoms with Crippen LogP contribution in [0, 0.1) is 6.92 Å². The minimum atomic E-state index is -0.0773. The molecule has 106 valence electrons. The number of hydrogen-bond acceptors (Lipinski definition) is 2. The molecule has 0 radical (unpaired) electrons. The maximum atomic E-state index is 12.7. The van der Waals surface area contributed by atoms with Crippen molar-refractivity contribution in [3.05, 3.63) is 63.3 Å². The Morgan fingerprint density at radius 1 is 1.10 bits per heavy atom. The van der Waals surface area contributed by atoms with Gasteiger partial charge in [-0.15, -0.1) is 0 Å². The van der Waals surface area contributed by atoms with Crippen LogP contribution in [0.15, 0.2) is 47.3 Å². The third-order valence-electron chi connectivity index (χ3n) is 3.59. The van der Waals surface area contributed by atoms with Crippen molar-refractivity contribution in [1.82, 2.24) is 4.98 Å². The van der Waals surface area contributed by atoms with Crippen molar-refractivity contribution in [2.75, 3.05) is 7.11 Å². The Labute approximate surface area is 127 Å². The summed E-state index contributed by atoms with van der Waals surface area (Å²) in [5, 5.41) is 0.892. The third-order valence-corrected chi connectivity index (χ3v) is 3.91. The van der Waals surface area contributed by atoms with E-state index in [1.807, 2.05) is 30.3 Å². The molecule has 1 aromatic heterocycles. The van der Waals surface area contributed by atoms with E-state index >= 15 is 0 Å². The Balaban J connectivity index is 2.45. The van der Waals surface area contributed by atoms with E-state index < -0.39 is 0 Å². The topological polar surface area (TPSA) is 42.1 Å². The summed E-state index contributed by atoms with van der Waals surface area (Å²) in [6.45, 7) is 1.80. The molecular weight excluding hydrogens is 286 g/mol. The second-order valence-corrected chi connectivity index (χ2v) is 5.23. The van der Waals surface area contributed by atoms with Gasteiger partial charge in [0.1, 0.15) is 5.75 Å². The number of aromatic nitrogens is 1. The van der Waals surface area contributed by atoms with Gasteiger partial charge in [-0.25, -0.2) is 0 Å². The molecule has 3 rings (SSSR count). The molecule has 0 spiro atoms. The fourth-order valence-corrected chi connectivity index (χ4v) is 2.73. The van der Waals surface area contributed by atoms with Gasteiger partial charge in [0.2, 0.25) is 0 Å².